The number of aromatic amines is 1. The van der Waals surface area contributed by atoms with E-state index in [0.29, 0.717) is 18.0 Å². The van der Waals surface area contributed by atoms with Crippen LogP contribution in [0.1, 0.15) is 0 Å². The average Bonchev–Trinajstić information content (AvgIpc) is 2.87. The number of imidazole rings is 1. The lowest BCUT2D eigenvalue weighted by Crippen LogP contribution is -2.34. The second kappa shape index (κ2) is 3.17. The van der Waals surface area contributed by atoms with Crippen LogP contribution in [-0.4, -0.2) is 37.9 Å². The molecule has 0 amide bonds. The van der Waals surface area contributed by atoms with Crippen LogP contribution in [0.4, 0.5) is 5.82 Å². The van der Waals surface area contributed by atoms with Crippen molar-refractivity contribution in [2.45, 2.75) is 0 Å². The van der Waals surface area contributed by atoms with Gasteiger partial charge in [0.15, 0.2) is 11.5 Å². The number of rotatable bonds is 2. The number of hydrogen-bond acceptors (Lipinski definition) is 7. The molecule has 0 aliphatic carbocycles. The molecule has 0 saturated carbocycles. The number of hydrazine groups is 2. The standard InChI is InChI=1S/C7H8N8/c1-2-13-15(12-1)14-7-5-6(9-3-8-5)10-4-11-7/h1,3-4,13H,2H2,(H2,8,9,10,11,14). The highest BCUT2D eigenvalue weighted by Crippen LogP contribution is 2.14. The molecule has 1 aliphatic heterocycles. The third-order valence-corrected chi connectivity index (χ3v) is 1.96. The zero-order valence-corrected chi connectivity index (χ0v) is 7.68. The Balaban J connectivity index is 1.95. The lowest BCUT2D eigenvalue weighted by atomic mass is 10.5. The van der Waals surface area contributed by atoms with Crippen LogP contribution in [0.25, 0.3) is 11.2 Å². The summed E-state index contributed by atoms with van der Waals surface area (Å²) in [5, 5.41) is 5.50. The second-order valence-corrected chi connectivity index (χ2v) is 2.91. The topological polar surface area (TPSA) is 94.1 Å². The molecule has 2 aromatic heterocycles. The summed E-state index contributed by atoms with van der Waals surface area (Å²) in [6.45, 7) is 0.699. The molecule has 76 valence electrons. The fourth-order valence-corrected chi connectivity index (χ4v) is 1.31. The van der Waals surface area contributed by atoms with E-state index in [4.69, 9.17) is 0 Å². The number of hydrogen-bond donors (Lipinski definition) is 3. The highest BCUT2D eigenvalue weighted by atomic mass is 15.9. The summed E-state index contributed by atoms with van der Waals surface area (Å²) < 4.78 is 0. The van der Waals surface area contributed by atoms with Gasteiger partial charge < -0.3 is 4.98 Å². The summed E-state index contributed by atoms with van der Waals surface area (Å²) in [6.07, 6.45) is 4.77. The van der Waals surface area contributed by atoms with Gasteiger partial charge in [-0.1, -0.05) is 0 Å². The van der Waals surface area contributed by atoms with E-state index in [2.05, 4.69) is 35.9 Å². The number of anilines is 1. The Morgan fingerprint density at radius 1 is 1.33 bits per heavy atom. The molecule has 0 aromatic carbocycles. The summed E-state index contributed by atoms with van der Waals surface area (Å²) in [7, 11) is 0. The van der Waals surface area contributed by atoms with Crippen molar-refractivity contribution in [2.24, 2.45) is 5.10 Å². The van der Waals surface area contributed by atoms with Crippen molar-refractivity contribution >= 4 is 23.2 Å². The van der Waals surface area contributed by atoms with E-state index in [1.165, 1.54) is 11.6 Å². The summed E-state index contributed by atoms with van der Waals surface area (Å²) in [6, 6.07) is 0. The predicted octanol–water partition coefficient (Wildman–Crippen LogP) is -0.514. The van der Waals surface area contributed by atoms with Gasteiger partial charge in [-0.15, -0.1) is 5.23 Å². The first-order valence-corrected chi connectivity index (χ1v) is 4.40. The minimum atomic E-state index is 0.621. The first-order valence-electron chi connectivity index (χ1n) is 4.40. The van der Waals surface area contributed by atoms with Gasteiger partial charge in [-0.2, -0.15) is 10.5 Å². The van der Waals surface area contributed by atoms with Crippen LogP contribution in [0, 0.1) is 0 Å². The van der Waals surface area contributed by atoms with Gasteiger partial charge >= 0.3 is 0 Å². The molecule has 0 bridgehead atoms. The van der Waals surface area contributed by atoms with Crippen LogP contribution in [0.5, 0.6) is 0 Å². The largest absolute Gasteiger partial charge is 0.340 e. The fourth-order valence-electron chi connectivity index (χ4n) is 1.31. The Hall–Kier alpha value is -2.22. The molecule has 0 fully saturated rings. The van der Waals surface area contributed by atoms with Gasteiger partial charge in [0.05, 0.1) is 12.9 Å². The van der Waals surface area contributed by atoms with E-state index in [9.17, 15) is 0 Å². The zero-order chi connectivity index (χ0) is 10.1. The molecule has 1 aliphatic rings. The normalized spacial score (nSPS) is 15.1. The van der Waals surface area contributed by atoms with Crippen LogP contribution in [0.3, 0.4) is 0 Å². The third kappa shape index (κ3) is 1.36. The van der Waals surface area contributed by atoms with Crippen molar-refractivity contribution in [2.75, 3.05) is 12.0 Å². The van der Waals surface area contributed by atoms with E-state index in [1.807, 2.05) is 0 Å². The van der Waals surface area contributed by atoms with Gasteiger partial charge in [-0.05, 0) is 0 Å². The smallest absolute Gasteiger partial charge is 0.182 e. The van der Waals surface area contributed by atoms with Crippen LogP contribution in [0.2, 0.25) is 0 Å². The first-order chi connectivity index (χ1) is 7.43. The van der Waals surface area contributed by atoms with Gasteiger partial charge in [0.2, 0.25) is 0 Å². The monoisotopic (exact) mass is 204 g/mol. The maximum absolute atomic E-state index is 4.09. The van der Waals surface area contributed by atoms with Gasteiger partial charge in [0.25, 0.3) is 0 Å². The molecule has 2 aromatic rings. The number of aromatic nitrogens is 4. The van der Waals surface area contributed by atoms with E-state index in [-0.39, 0.29) is 0 Å². The highest BCUT2D eigenvalue weighted by molar-refractivity contribution is 5.81. The third-order valence-electron chi connectivity index (χ3n) is 1.96. The van der Waals surface area contributed by atoms with Crippen molar-refractivity contribution in [1.82, 2.24) is 30.6 Å². The maximum atomic E-state index is 4.09. The number of nitrogens with one attached hydrogen (secondary N) is 3. The summed E-state index contributed by atoms with van der Waals surface area (Å²) in [5.41, 5.74) is 7.31. The summed E-state index contributed by atoms with van der Waals surface area (Å²) in [4.78, 5) is 15.1. The Labute approximate surface area is 84.4 Å². The Kier molecular flexibility index (Phi) is 1.72. The molecule has 3 heterocycles. The first kappa shape index (κ1) is 8.12. The van der Waals surface area contributed by atoms with E-state index in [1.54, 1.807) is 12.5 Å². The van der Waals surface area contributed by atoms with Crippen LogP contribution < -0.4 is 10.9 Å². The van der Waals surface area contributed by atoms with E-state index < -0.39 is 0 Å². The lowest BCUT2D eigenvalue weighted by molar-refractivity contribution is 0.284. The Morgan fingerprint density at radius 2 is 2.33 bits per heavy atom. The van der Waals surface area contributed by atoms with Crippen molar-refractivity contribution in [3.8, 4) is 0 Å². The molecule has 15 heavy (non-hydrogen) atoms. The molecule has 3 rings (SSSR count). The van der Waals surface area contributed by atoms with E-state index in [0.717, 1.165) is 5.52 Å². The molecule has 0 saturated heterocycles. The zero-order valence-electron chi connectivity index (χ0n) is 7.68. The molecule has 0 spiro atoms. The van der Waals surface area contributed by atoms with Gasteiger partial charge in [-0.25, -0.2) is 20.4 Å². The number of H-pyrrole nitrogens is 1. The number of hydrazone groups is 1. The lowest BCUT2D eigenvalue weighted by Gasteiger charge is -2.15. The summed E-state index contributed by atoms with van der Waals surface area (Å²) >= 11 is 0. The Bertz CT molecular complexity index is 502. The molecule has 8 heteroatoms. The number of fused-ring (bicyclic) bond motifs is 1. The van der Waals surface area contributed by atoms with Gasteiger partial charge in [0.1, 0.15) is 11.8 Å². The van der Waals surface area contributed by atoms with E-state index >= 15 is 0 Å². The van der Waals surface area contributed by atoms with Crippen molar-refractivity contribution in [3.63, 3.8) is 0 Å². The molecule has 3 N–H and O–H groups in total. The quantitative estimate of drug-likeness (QED) is 0.609. The minimum Gasteiger partial charge on any atom is -0.340 e. The van der Waals surface area contributed by atoms with Crippen molar-refractivity contribution in [1.29, 1.82) is 0 Å². The summed E-state index contributed by atoms with van der Waals surface area (Å²) in [5.74, 6) is 0.629. The molecule has 8 nitrogen and oxygen atoms in total. The SMILES string of the molecule is C1=NN(Nc2ncnc3nc[nH]c23)NC1. The molecular weight excluding hydrogens is 196 g/mol. The molecule has 0 radical (unpaired) electrons. The molecular formula is C7H8N8. The van der Waals surface area contributed by atoms with Crippen molar-refractivity contribution < 1.29 is 0 Å². The Morgan fingerprint density at radius 3 is 3.20 bits per heavy atom. The average molecular weight is 204 g/mol. The highest BCUT2D eigenvalue weighted by Gasteiger charge is 2.09. The van der Waals surface area contributed by atoms with Gasteiger partial charge in [0, 0.05) is 6.21 Å². The molecule has 0 atom stereocenters. The van der Waals surface area contributed by atoms with Crippen LogP contribution in [-0.2, 0) is 0 Å². The second-order valence-electron chi connectivity index (χ2n) is 2.91. The minimum absolute atomic E-state index is 0.621. The van der Waals surface area contributed by atoms with Crippen molar-refractivity contribution in [3.05, 3.63) is 12.7 Å². The number of nitrogens with zero attached hydrogens (tertiary/aromatic N) is 5. The van der Waals surface area contributed by atoms with Crippen LogP contribution in [0.15, 0.2) is 17.8 Å². The fraction of sp³-hybridized carbons (Fsp3) is 0.143. The van der Waals surface area contributed by atoms with Crippen LogP contribution >= 0.6 is 0 Å². The maximum Gasteiger partial charge on any atom is 0.182 e. The molecule has 0 unspecified atom stereocenters. The van der Waals surface area contributed by atoms with Gasteiger partial charge in [-0.3, -0.25) is 0 Å². The predicted molar refractivity (Wildman–Crippen MR) is 53.6 cm³/mol.